The molecule has 4 nitrogen and oxygen atoms in total. The number of nitrogens with zero attached hydrogens (tertiary/aromatic N) is 2. The van der Waals surface area contributed by atoms with E-state index in [9.17, 15) is 0 Å². The van der Waals surface area contributed by atoms with Crippen molar-refractivity contribution in [1.82, 2.24) is 9.88 Å². The van der Waals surface area contributed by atoms with Gasteiger partial charge in [-0.15, -0.1) is 11.3 Å². The van der Waals surface area contributed by atoms with E-state index in [1.54, 1.807) is 11.3 Å². The van der Waals surface area contributed by atoms with Crippen LogP contribution in [0.25, 0.3) is 0 Å². The van der Waals surface area contributed by atoms with E-state index in [-0.39, 0.29) is 13.2 Å². The molecule has 90 valence electrons. The minimum absolute atomic E-state index is 0.125. The van der Waals surface area contributed by atoms with Crippen LogP contribution in [0.5, 0.6) is 0 Å². The van der Waals surface area contributed by atoms with E-state index in [1.165, 1.54) is 17.8 Å². The van der Waals surface area contributed by atoms with Crippen molar-refractivity contribution in [3.63, 3.8) is 0 Å². The third-order valence-corrected chi connectivity index (χ3v) is 3.77. The lowest BCUT2D eigenvalue weighted by molar-refractivity contribution is 0.155. The van der Waals surface area contributed by atoms with Gasteiger partial charge in [-0.05, 0) is 12.8 Å². The van der Waals surface area contributed by atoms with Gasteiger partial charge in [0, 0.05) is 30.9 Å². The van der Waals surface area contributed by atoms with Crippen molar-refractivity contribution in [2.24, 2.45) is 0 Å². The Morgan fingerprint density at radius 2 is 2.00 bits per heavy atom. The van der Waals surface area contributed by atoms with Crippen LogP contribution in [0.3, 0.4) is 0 Å². The standard InChI is InChI=1S/C11H18N2O2S/c14-5-3-13(4-6-15)7-10-8-16-11(12-10)9-1-2-9/h8-9,14-15H,1-7H2. The molecule has 0 bridgehead atoms. The number of aromatic nitrogens is 1. The van der Waals surface area contributed by atoms with E-state index in [1.807, 2.05) is 4.90 Å². The molecule has 0 aliphatic heterocycles. The molecule has 0 atom stereocenters. The first-order valence-corrected chi connectivity index (χ1v) is 6.60. The Kier molecular flexibility index (Phi) is 4.29. The van der Waals surface area contributed by atoms with Crippen LogP contribution in [0.1, 0.15) is 29.5 Å². The summed E-state index contributed by atoms with van der Waals surface area (Å²) in [5.74, 6) is 0.711. The van der Waals surface area contributed by atoms with Gasteiger partial charge in [0.2, 0.25) is 0 Å². The number of rotatable bonds is 7. The summed E-state index contributed by atoms with van der Waals surface area (Å²) in [6, 6.07) is 0. The van der Waals surface area contributed by atoms with E-state index in [4.69, 9.17) is 10.2 Å². The molecule has 1 aromatic heterocycles. The first-order valence-electron chi connectivity index (χ1n) is 5.72. The quantitative estimate of drug-likeness (QED) is 0.743. The lowest BCUT2D eigenvalue weighted by atomic mass is 10.4. The van der Waals surface area contributed by atoms with Crippen LogP contribution in [0, 0.1) is 0 Å². The van der Waals surface area contributed by atoms with Crippen LogP contribution in [0.15, 0.2) is 5.38 Å². The first kappa shape index (κ1) is 12.0. The van der Waals surface area contributed by atoms with Crippen molar-refractivity contribution >= 4 is 11.3 Å². The van der Waals surface area contributed by atoms with Crippen molar-refractivity contribution in [3.8, 4) is 0 Å². The van der Waals surface area contributed by atoms with Gasteiger partial charge in [0.05, 0.1) is 23.9 Å². The number of hydrogen-bond acceptors (Lipinski definition) is 5. The molecule has 2 N–H and O–H groups in total. The maximum absolute atomic E-state index is 8.90. The van der Waals surface area contributed by atoms with Crippen molar-refractivity contribution in [1.29, 1.82) is 0 Å². The second kappa shape index (κ2) is 5.72. The second-order valence-electron chi connectivity index (χ2n) is 4.17. The van der Waals surface area contributed by atoms with Gasteiger partial charge in [0.1, 0.15) is 0 Å². The van der Waals surface area contributed by atoms with Gasteiger partial charge < -0.3 is 10.2 Å². The minimum Gasteiger partial charge on any atom is -0.395 e. The van der Waals surface area contributed by atoms with Crippen molar-refractivity contribution < 1.29 is 10.2 Å². The van der Waals surface area contributed by atoms with Gasteiger partial charge in [0.25, 0.3) is 0 Å². The maximum Gasteiger partial charge on any atom is 0.0959 e. The van der Waals surface area contributed by atoms with Gasteiger partial charge in [-0.3, -0.25) is 4.90 Å². The van der Waals surface area contributed by atoms with Crippen molar-refractivity contribution in [2.75, 3.05) is 26.3 Å². The molecule has 1 fully saturated rings. The fourth-order valence-corrected chi connectivity index (χ4v) is 2.68. The van der Waals surface area contributed by atoms with Gasteiger partial charge in [-0.1, -0.05) is 0 Å². The average molecular weight is 242 g/mol. The van der Waals surface area contributed by atoms with Crippen LogP contribution in [0.4, 0.5) is 0 Å². The Morgan fingerprint density at radius 3 is 2.56 bits per heavy atom. The fraction of sp³-hybridized carbons (Fsp3) is 0.727. The fourth-order valence-electron chi connectivity index (χ4n) is 1.69. The Labute approximate surface area is 99.6 Å². The Bertz CT molecular complexity index is 320. The van der Waals surface area contributed by atoms with Crippen molar-refractivity contribution in [2.45, 2.75) is 25.3 Å². The molecule has 1 aliphatic rings. The predicted octanol–water partition coefficient (Wildman–Crippen LogP) is 0.807. The van der Waals surface area contributed by atoms with E-state index in [2.05, 4.69) is 10.4 Å². The summed E-state index contributed by atoms with van der Waals surface area (Å²) < 4.78 is 0. The zero-order chi connectivity index (χ0) is 11.4. The molecule has 1 aromatic rings. The van der Waals surface area contributed by atoms with Gasteiger partial charge in [-0.2, -0.15) is 0 Å². The normalized spacial score (nSPS) is 15.9. The SMILES string of the molecule is OCCN(CCO)Cc1csc(C2CC2)n1. The highest BCUT2D eigenvalue weighted by Gasteiger charge is 2.26. The lowest BCUT2D eigenvalue weighted by Gasteiger charge is -2.18. The smallest absolute Gasteiger partial charge is 0.0959 e. The highest BCUT2D eigenvalue weighted by Crippen LogP contribution is 2.41. The summed E-state index contributed by atoms with van der Waals surface area (Å²) in [6.45, 7) is 2.16. The molecule has 1 aliphatic carbocycles. The van der Waals surface area contributed by atoms with E-state index in [0.29, 0.717) is 19.0 Å². The zero-order valence-corrected chi connectivity index (χ0v) is 10.1. The number of aliphatic hydroxyl groups excluding tert-OH is 2. The van der Waals surface area contributed by atoms with E-state index in [0.717, 1.165) is 12.2 Å². The first-order chi connectivity index (χ1) is 7.83. The number of thiazole rings is 1. The molecule has 16 heavy (non-hydrogen) atoms. The van der Waals surface area contributed by atoms with Crippen LogP contribution in [-0.2, 0) is 6.54 Å². The zero-order valence-electron chi connectivity index (χ0n) is 9.30. The molecule has 1 saturated carbocycles. The van der Waals surface area contributed by atoms with Crippen LogP contribution >= 0.6 is 11.3 Å². The topological polar surface area (TPSA) is 56.6 Å². The van der Waals surface area contributed by atoms with Crippen LogP contribution in [-0.4, -0.2) is 46.4 Å². The Balaban J connectivity index is 1.89. The maximum atomic E-state index is 8.90. The third kappa shape index (κ3) is 3.25. The molecule has 1 heterocycles. The average Bonchev–Trinajstić information content (AvgIpc) is 3.01. The molecular weight excluding hydrogens is 224 g/mol. The molecule has 0 aromatic carbocycles. The number of aliphatic hydroxyl groups is 2. The van der Waals surface area contributed by atoms with E-state index < -0.39 is 0 Å². The third-order valence-electron chi connectivity index (χ3n) is 2.71. The lowest BCUT2D eigenvalue weighted by Crippen LogP contribution is -2.29. The summed E-state index contributed by atoms with van der Waals surface area (Å²) in [5.41, 5.74) is 1.06. The summed E-state index contributed by atoms with van der Waals surface area (Å²) in [7, 11) is 0. The van der Waals surface area contributed by atoms with Gasteiger partial charge in [-0.25, -0.2) is 4.98 Å². The summed E-state index contributed by atoms with van der Waals surface area (Å²) in [4.78, 5) is 6.61. The highest BCUT2D eigenvalue weighted by molar-refractivity contribution is 7.09. The molecule has 0 amide bonds. The molecule has 0 radical (unpaired) electrons. The molecule has 2 rings (SSSR count). The van der Waals surface area contributed by atoms with E-state index >= 15 is 0 Å². The summed E-state index contributed by atoms with van der Waals surface area (Å²) in [5, 5.41) is 21.2. The summed E-state index contributed by atoms with van der Waals surface area (Å²) >= 11 is 1.74. The minimum atomic E-state index is 0.125. The summed E-state index contributed by atoms with van der Waals surface area (Å²) in [6.07, 6.45) is 2.56. The predicted molar refractivity (Wildman–Crippen MR) is 63.5 cm³/mol. The Morgan fingerprint density at radius 1 is 1.31 bits per heavy atom. The van der Waals surface area contributed by atoms with Gasteiger partial charge >= 0.3 is 0 Å². The molecule has 0 saturated heterocycles. The second-order valence-corrected chi connectivity index (χ2v) is 5.06. The molecule has 0 unspecified atom stereocenters. The van der Waals surface area contributed by atoms with Crippen molar-refractivity contribution in [3.05, 3.63) is 16.1 Å². The van der Waals surface area contributed by atoms with Gasteiger partial charge in [0.15, 0.2) is 0 Å². The Hall–Kier alpha value is -0.490. The van der Waals surface area contributed by atoms with Crippen LogP contribution in [0.2, 0.25) is 0 Å². The molecule has 0 spiro atoms. The highest BCUT2D eigenvalue weighted by atomic mass is 32.1. The molecule has 5 heteroatoms. The van der Waals surface area contributed by atoms with Crippen LogP contribution < -0.4 is 0 Å². The molecular formula is C11H18N2O2S. The largest absolute Gasteiger partial charge is 0.395 e. The number of hydrogen-bond donors (Lipinski definition) is 2. The monoisotopic (exact) mass is 242 g/mol.